The number of hydrogen-bond acceptors (Lipinski definition) is 8. The number of para-hydroxylation sites is 3. The van der Waals surface area contributed by atoms with Gasteiger partial charge in [-0.1, -0.05) is 36.0 Å². The van der Waals surface area contributed by atoms with Crippen molar-refractivity contribution in [2.45, 2.75) is 24.0 Å². The summed E-state index contributed by atoms with van der Waals surface area (Å²) in [6.07, 6.45) is -0.465. The number of aromatic nitrogens is 4. The highest BCUT2D eigenvalue weighted by atomic mass is 32.2. The first-order valence-corrected chi connectivity index (χ1v) is 9.99. The van der Waals surface area contributed by atoms with Crippen LogP contribution in [0.2, 0.25) is 0 Å². The fourth-order valence-corrected chi connectivity index (χ4v) is 3.74. The Bertz CT molecular complexity index is 1250. The molecule has 1 aliphatic heterocycles. The Morgan fingerprint density at radius 3 is 2.90 bits per heavy atom. The second kappa shape index (κ2) is 7.25. The molecule has 0 aliphatic carbocycles. The molecule has 4 aromatic rings. The lowest BCUT2D eigenvalue weighted by Gasteiger charge is -2.23. The number of benzene rings is 2. The highest BCUT2D eigenvalue weighted by molar-refractivity contribution is 7.98. The Labute approximate surface area is 169 Å². The van der Waals surface area contributed by atoms with Crippen molar-refractivity contribution in [1.82, 2.24) is 20.2 Å². The number of nitrogens with zero attached hydrogens (tertiary/aromatic N) is 3. The second-order valence-corrected chi connectivity index (χ2v) is 7.47. The molecule has 5 rings (SSSR count). The molecule has 1 aliphatic rings. The highest BCUT2D eigenvalue weighted by Gasteiger charge is 2.27. The molecule has 2 aromatic heterocycles. The van der Waals surface area contributed by atoms with Gasteiger partial charge in [0.2, 0.25) is 6.10 Å². The summed E-state index contributed by atoms with van der Waals surface area (Å²) in [5, 5.41) is 9.08. The smallest absolute Gasteiger partial charge is 0.277 e. The summed E-state index contributed by atoms with van der Waals surface area (Å²) in [7, 11) is 0. The summed E-state index contributed by atoms with van der Waals surface area (Å²) < 4.78 is 17.3. The van der Waals surface area contributed by atoms with Gasteiger partial charge in [-0.15, -0.1) is 10.2 Å². The molecule has 8 nitrogen and oxygen atoms in total. The fraction of sp³-hybridized carbons (Fsp3) is 0.200. The molecule has 0 amide bonds. The van der Waals surface area contributed by atoms with Crippen LogP contribution in [0.5, 0.6) is 11.5 Å². The number of aryl methyl sites for hydroxylation is 1. The third kappa shape index (κ3) is 3.44. The Morgan fingerprint density at radius 2 is 2.00 bits per heavy atom. The van der Waals surface area contributed by atoms with Crippen molar-refractivity contribution in [3.8, 4) is 11.5 Å². The molecule has 0 saturated carbocycles. The maximum atomic E-state index is 12.3. The van der Waals surface area contributed by atoms with Crippen molar-refractivity contribution in [3.05, 3.63) is 70.1 Å². The minimum atomic E-state index is -0.465. The molecular weight excluding hydrogens is 392 g/mol. The van der Waals surface area contributed by atoms with Gasteiger partial charge in [-0.2, -0.15) is 0 Å². The number of thioether (sulfide) groups is 1. The molecule has 1 atom stereocenters. The molecule has 1 unspecified atom stereocenters. The van der Waals surface area contributed by atoms with Crippen LogP contribution in [0.25, 0.3) is 10.9 Å². The van der Waals surface area contributed by atoms with Crippen LogP contribution >= 0.6 is 11.8 Å². The molecule has 3 heterocycles. The Morgan fingerprint density at radius 1 is 1.14 bits per heavy atom. The SMILES string of the molecule is Cc1cccc2c(=O)[nH]c(CSc3nnc(C4COc5ccccc5O4)o3)nc12. The summed E-state index contributed by atoms with van der Waals surface area (Å²) in [5.41, 5.74) is 1.49. The Kier molecular flexibility index (Phi) is 4.44. The molecule has 0 bridgehead atoms. The zero-order chi connectivity index (χ0) is 19.8. The number of aromatic amines is 1. The first-order chi connectivity index (χ1) is 14.2. The van der Waals surface area contributed by atoms with E-state index in [-0.39, 0.29) is 5.56 Å². The van der Waals surface area contributed by atoms with Gasteiger partial charge < -0.3 is 18.9 Å². The van der Waals surface area contributed by atoms with Gasteiger partial charge in [-0.05, 0) is 30.7 Å². The lowest BCUT2D eigenvalue weighted by Crippen LogP contribution is -2.21. The predicted molar refractivity (Wildman–Crippen MR) is 106 cm³/mol. The molecule has 0 spiro atoms. The van der Waals surface area contributed by atoms with Gasteiger partial charge in [0.15, 0.2) is 11.5 Å². The number of nitrogens with one attached hydrogen (secondary N) is 1. The van der Waals surface area contributed by atoms with Crippen LogP contribution < -0.4 is 15.0 Å². The van der Waals surface area contributed by atoms with Crippen LogP contribution in [0.4, 0.5) is 0 Å². The average Bonchev–Trinajstić information content (AvgIpc) is 3.22. The number of rotatable bonds is 4. The number of hydrogen-bond donors (Lipinski definition) is 1. The average molecular weight is 408 g/mol. The van der Waals surface area contributed by atoms with E-state index in [9.17, 15) is 4.79 Å². The van der Waals surface area contributed by atoms with Gasteiger partial charge in [0.25, 0.3) is 16.7 Å². The van der Waals surface area contributed by atoms with E-state index in [1.54, 1.807) is 6.07 Å². The van der Waals surface area contributed by atoms with Gasteiger partial charge >= 0.3 is 0 Å². The lowest BCUT2D eigenvalue weighted by molar-refractivity contribution is 0.0686. The van der Waals surface area contributed by atoms with E-state index in [2.05, 4.69) is 20.2 Å². The molecule has 29 heavy (non-hydrogen) atoms. The van der Waals surface area contributed by atoms with Crippen LogP contribution in [0.1, 0.15) is 23.4 Å². The van der Waals surface area contributed by atoms with Crippen LogP contribution in [-0.4, -0.2) is 26.8 Å². The molecule has 1 N–H and O–H groups in total. The Balaban J connectivity index is 1.31. The lowest BCUT2D eigenvalue weighted by atomic mass is 10.1. The minimum absolute atomic E-state index is 0.160. The quantitative estimate of drug-likeness (QED) is 0.513. The van der Waals surface area contributed by atoms with Crippen molar-refractivity contribution in [2.75, 3.05) is 6.61 Å². The zero-order valence-corrected chi connectivity index (χ0v) is 16.2. The largest absolute Gasteiger partial charge is 0.485 e. The minimum Gasteiger partial charge on any atom is -0.485 e. The summed E-state index contributed by atoms with van der Waals surface area (Å²) in [6, 6.07) is 13.0. The van der Waals surface area contributed by atoms with Gasteiger partial charge in [0.05, 0.1) is 16.7 Å². The van der Waals surface area contributed by atoms with E-state index in [1.807, 2.05) is 43.3 Å². The monoisotopic (exact) mass is 408 g/mol. The van der Waals surface area contributed by atoms with Crippen molar-refractivity contribution in [1.29, 1.82) is 0 Å². The normalized spacial score (nSPS) is 15.6. The van der Waals surface area contributed by atoms with E-state index < -0.39 is 6.10 Å². The van der Waals surface area contributed by atoms with E-state index in [0.717, 1.165) is 5.56 Å². The molecular formula is C20H16N4O4S. The van der Waals surface area contributed by atoms with Crippen molar-refractivity contribution >= 4 is 22.7 Å². The van der Waals surface area contributed by atoms with E-state index >= 15 is 0 Å². The standard InChI is InChI=1S/C20H16N4O4S/c1-11-5-4-6-12-17(11)21-16(22-18(12)25)10-29-20-24-23-19(28-20)15-9-26-13-7-2-3-8-14(13)27-15/h2-8,15H,9-10H2,1H3,(H,21,22,25). The van der Waals surface area contributed by atoms with Gasteiger partial charge in [0, 0.05) is 0 Å². The molecule has 9 heteroatoms. The molecule has 0 radical (unpaired) electrons. The third-order valence-electron chi connectivity index (χ3n) is 4.53. The summed E-state index contributed by atoms with van der Waals surface area (Å²) in [6.45, 7) is 2.22. The maximum Gasteiger partial charge on any atom is 0.277 e. The van der Waals surface area contributed by atoms with Gasteiger partial charge in [0.1, 0.15) is 12.4 Å². The van der Waals surface area contributed by atoms with Crippen LogP contribution in [-0.2, 0) is 5.75 Å². The predicted octanol–water partition coefficient (Wildman–Crippen LogP) is 3.42. The second-order valence-electron chi connectivity index (χ2n) is 6.54. The highest BCUT2D eigenvalue weighted by Crippen LogP contribution is 2.36. The summed E-state index contributed by atoms with van der Waals surface area (Å²) in [5.74, 6) is 2.63. The van der Waals surface area contributed by atoms with E-state index in [1.165, 1.54) is 11.8 Å². The molecule has 0 fully saturated rings. The van der Waals surface area contributed by atoms with Crippen LogP contribution in [0.3, 0.4) is 0 Å². The Hall–Kier alpha value is -3.33. The van der Waals surface area contributed by atoms with Crippen molar-refractivity contribution < 1.29 is 13.9 Å². The first kappa shape index (κ1) is 17.7. The van der Waals surface area contributed by atoms with E-state index in [4.69, 9.17) is 13.9 Å². The third-order valence-corrected chi connectivity index (χ3v) is 5.36. The van der Waals surface area contributed by atoms with Crippen LogP contribution in [0.15, 0.2) is 56.9 Å². The van der Waals surface area contributed by atoms with Crippen LogP contribution in [0, 0.1) is 6.92 Å². The van der Waals surface area contributed by atoms with Gasteiger partial charge in [-0.3, -0.25) is 4.79 Å². The number of H-pyrrole nitrogens is 1. The van der Waals surface area contributed by atoms with Crippen molar-refractivity contribution in [3.63, 3.8) is 0 Å². The summed E-state index contributed by atoms with van der Waals surface area (Å²) in [4.78, 5) is 19.7. The topological polar surface area (TPSA) is 103 Å². The number of fused-ring (bicyclic) bond motifs is 2. The molecule has 2 aromatic carbocycles. The maximum absolute atomic E-state index is 12.3. The first-order valence-electron chi connectivity index (χ1n) is 9.00. The zero-order valence-electron chi connectivity index (χ0n) is 15.4. The molecule has 146 valence electrons. The van der Waals surface area contributed by atoms with Gasteiger partial charge in [-0.25, -0.2) is 4.98 Å². The summed E-state index contributed by atoms with van der Waals surface area (Å²) >= 11 is 1.30. The number of ether oxygens (including phenoxy) is 2. The van der Waals surface area contributed by atoms with Crippen molar-refractivity contribution in [2.24, 2.45) is 0 Å². The fourth-order valence-electron chi connectivity index (χ4n) is 3.10. The molecule has 0 saturated heterocycles. The van der Waals surface area contributed by atoms with E-state index in [0.29, 0.717) is 51.7 Å².